The van der Waals surface area contributed by atoms with E-state index in [0.29, 0.717) is 5.89 Å². The predicted molar refractivity (Wildman–Crippen MR) is 68.3 cm³/mol. The number of fused-ring (bicyclic) bond motifs is 1. The third-order valence-corrected chi connectivity index (χ3v) is 2.82. The third-order valence-electron chi connectivity index (χ3n) is 2.82. The Balaban J connectivity index is 2.12. The maximum Gasteiger partial charge on any atom is 0.192 e. The fourth-order valence-corrected chi connectivity index (χ4v) is 1.86. The highest BCUT2D eigenvalue weighted by Gasteiger charge is 2.06. The Morgan fingerprint density at radius 2 is 2.18 bits per heavy atom. The summed E-state index contributed by atoms with van der Waals surface area (Å²) in [5.41, 5.74) is 2.84. The highest BCUT2D eigenvalue weighted by Crippen LogP contribution is 2.22. The molecule has 1 N–H and O–H groups in total. The van der Waals surface area contributed by atoms with Crippen molar-refractivity contribution in [3.63, 3.8) is 0 Å². The summed E-state index contributed by atoms with van der Waals surface area (Å²) in [6, 6.07) is 6.03. The summed E-state index contributed by atoms with van der Waals surface area (Å²) >= 11 is 0. The summed E-state index contributed by atoms with van der Waals surface area (Å²) in [6.45, 7) is 3.04. The average Bonchev–Trinajstić information content (AvgIpc) is 2.68. The first-order valence-electron chi connectivity index (χ1n) is 5.90. The Hall–Kier alpha value is -1.55. The molecular weight excluding hydrogens is 216 g/mol. The monoisotopic (exact) mass is 234 g/mol. The lowest BCUT2D eigenvalue weighted by molar-refractivity contribution is 0.285. The van der Waals surface area contributed by atoms with Crippen LogP contribution in [0.3, 0.4) is 0 Å². The van der Waals surface area contributed by atoms with Gasteiger partial charge in [0.1, 0.15) is 5.52 Å². The number of oxazole rings is 1. The van der Waals surface area contributed by atoms with Crippen LogP contribution >= 0.6 is 0 Å². The smallest absolute Gasteiger partial charge is 0.192 e. The molecule has 1 aromatic carbocycles. The molecule has 0 unspecified atom stereocenters. The van der Waals surface area contributed by atoms with Crippen molar-refractivity contribution in [1.82, 2.24) is 4.98 Å². The number of benzene rings is 1. The molecule has 4 heteroatoms. The van der Waals surface area contributed by atoms with Gasteiger partial charge in [0.05, 0.1) is 0 Å². The maximum atomic E-state index is 8.75. The standard InChI is InChI=1S/C13H18N2O2/c1-10-14-12-6-5-11(9-13(12)17-10)15(2)7-3-4-8-16/h5-6,9,16H,3-4,7-8H2,1-2H3. The summed E-state index contributed by atoms with van der Waals surface area (Å²) in [6.07, 6.45) is 1.83. The Bertz CT molecular complexity index is 493. The minimum Gasteiger partial charge on any atom is -0.441 e. The molecule has 0 aliphatic heterocycles. The second kappa shape index (κ2) is 5.19. The highest BCUT2D eigenvalue weighted by molar-refractivity contribution is 5.77. The molecule has 0 saturated carbocycles. The predicted octanol–water partition coefficient (Wildman–Crippen LogP) is 2.34. The zero-order valence-electron chi connectivity index (χ0n) is 10.3. The molecule has 0 amide bonds. The molecule has 0 radical (unpaired) electrons. The molecule has 1 aromatic heterocycles. The van der Waals surface area contributed by atoms with E-state index in [2.05, 4.69) is 9.88 Å². The molecular formula is C13H18N2O2. The Morgan fingerprint density at radius 1 is 1.35 bits per heavy atom. The van der Waals surface area contributed by atoms with Gasteiger partial charge in [0.25, 0.3) is 0 Å². The molecule has 0 aliphatic carbocycles. The zero-order valence-corrected chi connectivity index (χ0v) is 10.3. The molecule has 1 heterocycles. The van der Waals surface area contributed by atoms with Gasteiger partial charge in [-0.2, -0.15) is 0 Å². The molecule has 2 aromatic rings. The third kappa shape index (κ3) is 2.77. The maximum absolute atomic E-state index is 8.75. The highest BCUT2D eigenvalue weighted by atomic mass is 16.3. The van der Waals surface area contributed by atoms with Crippen molar-refractivity contribution >= 4 is 16.8 Å². The first-order chi connectivity index (χ1) is 8.20. The van der Waals surface area contributed by atoms with Crippen LogP contribution in [0.5, 0.6) is 0 Å². The van der Waals surface area contributed by atoms with Crippen molar-refractivity contribution in [3.8, 4) is 0 Å². The number of hydrogen-bond donors (Lipinski definition) is 1. The van der Waals surface area contributed by atoms with Gasteiger partial charge in [-0.05, 0) is 25.0 Å². The van der Waals surface area contributed by atoms with Gasteiger partial charge in [-0.15, -0.1) is 0 Å². The van der Waals surface area contributed by atoms with E-state index in [1.165, 1.54) is 0 Å². The van der Waals surface area contributed by atoms with Gasteiger partial charge in [-0.3, -0.25) is 0 Å². The molecule has 4 nitrogen and oxygen atoms in total. The van der Waals surface area contributed by atoms with Gasteiger partial charge in [0.2, 0.25) is 0 Å². The molecule has 0 fully saturated rings. The number of nitrogens with zero attached hydrogens (tertiary/aromatic N) is 2. The van der Waals surface area contributed by atoms with Crippen molar-refractivity contribution in [2.45, 2.75) is 19.8 Å². The number of rotatable bonds is 5. The summed E-state index contributed by atoms with van der Waals surface area (Å²) in [5.74, 6) is 0.695. The number of aromatic nitrogens is 1. The van der Waals surface area contributed by atoms with Gasteiger partial charge in [0.15, 0.2) is 11.5 Å². The van der Waals surface area contributed by atoms with Crippen molar-refractivity contribution in [2.75, 3.05) is 25.1 Å². The molecule has 0 bridgehead atoms. The van der Waals surface area contributed by atoms with Crippen molar-refractivity contribution in [1.29, 1.82) is 0 Å². The summed E-state index contributed by atoms with van der Waals surface area (Å²) < 4.78 is 5.51. The first kappa shape index (κ1) is 11.9. The fourth-order valence-electron chi connectivity index (χ4n) is 1.86. The normalized spacial score (nSPS) is 11.0. The lowest BCUT2D eigenvalue weighted by Gasteiger charge is -2.18. The second-order valence-electron chi connectivity index (χ2n) is 4.24. The SMILES string of the molecule is Cc1nc2ccc(N(C)CCCCO)cc2o1. The van der Waals surface area contributed by atoms with E-state index in [1.807, 2.05) is 32.2 Å². The van der Waals surface area contributed by atoms with Gasteiger partial charge in [-0.25, -0.2) is 4.98 Å². The van der Waals surface area contributed by atoms with Crippen LogP contribution in [0.4, 0.5) is 5.69 Å². The van der Waals surface area contributed by atoms with Crippen LogP contribution in [0.15, 0.2) is 22.6 Å². The van der Waals surface area contributed by atoms with E-state index in [4.69, 9.17) is 9.52 Å². The lowest BCUT2D eigenvalue weighted by atomic mass is 10.2. The lowest BCUT2D eigenvalue weighted by Crippen LogP contribution is -2.18. The van der Waals surface area contributed by atoms with Crippen LogP contribution in [-0.4, -0.2) is 30.3 Å². The largest absolute Gasteiger partial charge is 0.441 e. The molecule has 0 atom stereocenters. The van der Waals surface area contributed by atoms with Gasteiger partial charge >= 0.3 is 0 Å². The Morgan fingerprint density at radius 3 is 2.94 bits per heavy atom. The first-order valence-corrected chi connectivity index (χ1v) is 5.90. The number of aliphatic hydroxyl groups is 1. The number of unbranched alkanes of at least 4 members (excludes halogenated alkanes) is 1. The number of aliphatic hydroxyl groups excluding tert-OH is 1. The minimum atomic E-state index is 0.258. The van der Waals surface area contributed by atoms with Gasteiger partial charge in [0, 0.05) is 38.9 Å². The molecule has 0 saturated heterocycles. The van der Waals surface area contributed by atoms with Crippen LogP contribution in [0, 0.1) is 6.92 Å². The zero-order chi connectivity index (χ0) is 12.3. The van der Waals surface area contributed by atoms with Crippen LogP contribution in [0.25, 0.3) is 11.1 Å². The van der Waals surface area contributed by atoms with Crippen molar-refractivity contribution in [2.24, 2.45) is 0 Å². The van der Waals surface area contributed by atoms with Crippen LogP contribution in [-0.2, 0) is 0 Å². The number of anilines is 1. The summed E-state index contributed by atoms with van der Waals surface area (Å²) in [7, 11) is 2.04. The van der Waals surface area contributed by atoms with Crippen LogP contribution in [0.1, 0.15) is 18.7 Å². The van der Waals surface area contributed by atoms with Crippen molar-refractivity contribution in [3.05, 3.63) is 24.1 Å². The van der Waals surface area contributed by atoms with E-state index in [0.717, 1.165) is 36.2 Å². The Kier molecular flexibility index (Phi) is 3.64. The molecule has 17 heavy (non-hydrogen) atoms. The second-order valence-corrected chi connectivity index (χ2v) is 4.24. The van der Waals surface area contributed by atoms with Crippen LogP contribution < -0.4 is 4.90 Å². The molecule has 0 spiro atoms. The van der Waals surface area contributed by atoms with E-state index in [9.17, 15) is 0 Å². The topological polar surface area (TPSA) is 49.5 Å². The minimum absolute atomic E-state index is 0.258. The molecule has 0 aliphatic rings. The van der Waals surface area contributed by atoms with E-state index in [1.54, 1.807) is 0 Å². The van der Waals surface area contributed by atoms with E-state index >= 15 is 0 Å². The average molecular weight is 234 g/mol. The van der Waals surface area contributed by atoms with Gasteiger partial charge < -0.3 is 14.4 Å². The quantitative estimate of drug-likeness (QED) is 0.807. The van der Waals surface area contributed by atoms with Crippen LogP contribution in [0.2, 0.25) is 0 Å². The van der Waals surface area contributed by atoms with Crippen molar-refractivity contribution < 1.29 is 9.52 Å². The number of aryl methyl sites for hydroxylation is 1. The summed E-state index contributed by atoms with van der Waals surface area (Å²) in [5, 5.41) is 8.75. The molecule has 2 rings (SSSR count). The van der Waals surface area contributed by atoms with E-state index in [-0.39, 0.29) is 6.61 Å². The Labute approximate surface area is 101 Å². The van der Waals surface area contributed by atoms with E-state index < -0.39 is 0 Å². The van der Waals surface area contributed by atoms with Gasteiger partial charge in [-0.1, -0.05) is 0 Å². The molecule has 92 valence electrons. The fraction of sp³-hybridized carbons (Fsp3) is 0.462. The summed E-state index contributed by atoms with van der Waals surface area (Å²) in [4.78, 5) is 6.43. The number of hydrogen-bond acceptors (Lipinski definition) is 4.